The number of hydrogen-bond acceptors (Lipinski definition) is 5. The van der Waals surface area contributed by atoms with E-state index in [2.05, 4.69) is 27.8 Å². The SMILES string of the molecule is CC(N[C@H]1CC[C@H](C(=O)N2Cc3cccnc3Nc3ccc(C4CCOCC4)cc32)CC1)C(F)(F)F. The topological polar surface area (TPSA) is 66.5 Å². The molecule has 1 saturated carbocycles. The van der Waals surface area contributed by atoms with Crippen molar-refractivity contribution in [1.29, 1.82) is 0 Å². The first-order chi connectivity index (χ1) is 17.3. The van der Waals surface area contributed by atoms with E-state index in [1.54, 1.807) is 6.20 Å². The van der Waals surface area contributed by atoms with Gasteiger partial charge in [0.05, 0.1) is 17.9 Å². The van der Waals surface area contributed by atoms with Gasteiger partial charge in [0.15, 0.2) is 0 Å². The molecule has 2 N–H and O–H groups in total. The first-order valence-corrected chi connectivity index (χ1v) is 12.9. The van der Waals surface area contributed by atoms with E-state index in [9.17, 15) is 18.0 Å². The van der Waals surface area contributed by atoms with Gasteiger partial charge in [0, 0.05) is 36.9 Å². The standard InChI is InChI=1S/C27H33F3N4O2/c1-17(27(28,29)30)32-22-7-4-19(5-8-22)26(35)34-16-21-3-2-12-31-25(21)33-23-9-6-20(15-24(23)34)18-10-13-36-14-11-18/h2-3,6,9,12,15,17-19,22,32H,4-5,7-8,10-11,13-14,16H2,1H3,(H,31,33)/t17?,19-,22-. The number of benzene rings is 1. The van der Waals surface area contributed by atoms with Crippen LogP contribution in [0.15, 0.2) is 36.5 Å². The molecular weight excluding hydrogens is 469 g/mol. The highest BCUT2D eigenvalue weighted by Gasteiger charge is 2.39. The molecule has 1 amide bonds. The Labute approximate surface area is 209 Å². The van der Waals surface area contributed by atoms with Gasteiger partial charge in [0.1, 0.15) is 11.9 Å². The highest BCUT2D eigenvalue weighted by atomic mass is 19.4. The van der Waals surface area contributed by atoms with Crippen molar-refractivity contribution in [1.82, 2.24) is 10.3 Å². The van der Waals surface area contributed by atoms with E-state index >= 15 is 0 Å². The average Bonchev–Trinajstić information content (AvgIpc) is 3.05. The zero-order chi connectivity index (χ0) is 25.3. The summed E-state index contributed by atoms with van der Waals surface area (Å²) in [5.41, 5.74) is 3.81. The zero-order valence-electron chi connectivity index (χ0n) is 20.5. The highest BCUT2D eigenvalue weighted by Crippen LogP contribution is 2.40. The second-order valence-corrected chi connectivity index (χ2v) is 10.2. The molecule has 0 spiro atoms. The molecule has 1 atom stereocenters. The molecule has 194 valence electrons. The van der Waals surface area contributed by atoms with E-state index in [-0.39, 0.29) is 17.9 Å². The van der Waals surface area contributed by atoms with Crippen molar-refractivity contribution in [2.75, 3.05) is 23.4 Å². The summed E-state index contributed by atoms with van der Waals surface area (Å²) in [7, 11) is 0. The Bertz CT molecular complexity index is 1080. The summed E-state index contributed by atoms with van der Waals surface area (Å²) in [5, 5.41) is 6.12. The second-order valence-electron chi connectivity index (χ2n) is 10.2. The number of carbonyl (C=O) groups excluding carboxylic acids is 1. The third kappa shape index (κ3) is 5.37. The predicted molar refractivity (Wildman–Crippen MR) is 132 cm³/mol. The van der Waals surface area contributed by atoms with Crippen molar-refractivity contribution in [3.63, 3.8) is 0 Å². The summed E-state index contributed by atoms with van der Waals surface area (Å²) in [6, 6.07) is 8.34. The largest absolute Gasteiger partial charge is 0.403 e. The Morgan fingerprint density at radius 3 is 2.61 bits per heavy atom. The van der Waals surface area contributed by atoms with Gasteiger partial charge in [0.2, 0.25) is 5.91 Å². The number of alkyl halides is 3. The number of fused-ring (bicyclic) bond motifs is 2. The van der Waals surface area contributed by atoms with E-state index in [0.717, 1.165) is 55.7 Å². The van der Waals surface area contributed by atoms with Gasteiger partial charge in [0.25, 0.3) is 0 Å². The molecule has 6 nitrogen and oxygen atoms in total. The molecule has 1 aliphatic carbocycles. The number of hydrogen-bond donors (Lipinski definition) is 2. The average molecular weight is 503 g/mol. The minimum atomic E-state index is -4.26. The fraction of sp³-hybridized carbons (Fsp3) is 0.556. The molecule has 1 saturated heterocycles. The fourth-order valence-corrected chi connectivity index (χ4v) is 5.60. The van der Waals surface area contributed by atoms with Crippen molar-refractivity contribution in [2.24, 2.45) is 5.92 Å². The Kier molecular flexibility index (Phi) is 7.21. The molecule has 36 heavy (non-hydrogen) atoms. The molecule has 9 heteroatoms. The van der Waals surface area contributed by atoms with E-state index in [4.69, 9.17) is 4.74 Å². The molecule has 2 aliphatic heterocycles. The molecule has 3 heterocycles. The van der Waals surface area contributed by atoms with Crippen LogP contribution in [0.1, 0.15) is 62.5 Å². The lowest BCUT2D eigenvalue weighted by Gasteiger charge is -2.34. The minimum Gasteiger partial charge on any atom is -0.381 e. The van der Waals surface area contributed by atoms with Crippen LogP contribution in [0.2, 0.25) is 0 Å². The second kappa shape index (κ2) is 10.4. The van der Waals surface area contributed by atoms with Gasteiger partial charge in [-0.3, -0.25) is 4.79 Å². The molecular formula is C27H33F3N4O2. The Morgan fingerprint density at radius 2 is 1.89 bits per heavy atom. The summed E-state index contributed by atoms with van der Waals surface area (Å²) in [5.74, 6) is 0.937. The Hall–Kier alpha value is -2.65. The predicted octanol–water partition coefficient (Wildman–Crippen LogP) is 5.67. The first-order valence-electron chi connectivity index (χ1n) is 12.9. The van der Waals surface area contributed by atoms with Crippen LogP contribution >= 0.6 is 0 Å². The van der Waals surface area contributed by atoms with Crippen LogP contribution in [0.5, 0.6) is 0 Å². The maximum atomic E-state index is 13.9. The van der Waals surface area contributed by atoms with E-state index in [1.165, 1.54) is 5.56 Å². The van der Waals surface area contributed by atoms with Crippen LogP contribution in [0, 0.1) is 5.92 Å². The summed E-state index contributed by atoms with van der Waals surface area (Å²) in [6.07, 6.45) is 1.62. The molecule has 1 aromatic carbocycles. The number of anilines is 3. The van der Waals surface area contributed by atoms with Crippen LogP contribution < -0.4 is 15.5 Å². The van der Waals surface area contributed by atoms with Crippen LogP contribution in [-0.2, 0) is 16.1 Å². The van der Waals surface area contributed by atoms with Gasteiger partial charge in [-0.1, -0.05) is 12.1 Å². The Morgan fingerprint density at radius 1 is 1.14 bits per heavy atom. The van der Waals surface area contributed by atoms with Crippen molar-refractivity contribution >= 4 is 23.1 Å². The smallest absolute Gasteiger partial charge is 0.381 e. The van der Waals surface area contributed by atoms with Gasteiger partial charge < -0.3 is 20.3 Å². The van der Waals surface area contributed by atoms with Crippen LogP contribution in [0.25, 0.3) is 0 Å². The van der Waals surface area contributed by atoms with Gasteiger partial charge in [-0.15, -0.1) is 0 Å². The number of nitrogens with zero attached hydrogens (tertiary/aromatic N) is 2. The van der Waals surface area contributed by atoms with Crippen LogP contribution in [-0.4, -0.2) is 42.4 Å². The molecule has 2 fully saturated rings. The van der Waals surface area contributed by atoms with E-state index in [0.29, 0.717) is 38.1 Å². The minimum absolute atomic E-state index is 0.0289. The number of amides is 1. The summed E-state index contributed by atoms with van der Waals surface area (Å²) in [6.45, 7) is 3.03. The number of ether oxygens (including phenoxy) is 1. The van der Waals surface area contributed by atoms with Crippen LogP contribution in [0.3, 0.4) is 0 Å². The summed E-state index contributed by atoms with van der Waals surface area (Å²) < 4.78 is 44.5. The molecule has 1 unspecified atom stereocenters. The van der Waals surface area contributed by atoms with Gasteiger partial charge >= 0.3 is 6.18 Å². The Balaban J connectivity index is 1.37. The molecule has 3 aliphatic rings. The van der Waals surface area contributed by atoms with Crippen molar-refractivity contribution in [2.45, 2.75) is 76.2 Å². The fourth-order valence-electron chi connectivity index (χ4n) is 5.60. The summed E-state index contributed by atoms with van der Waals surface area (Å²) in [4.78, 5) is 20.3. The number of halogens is 3. The monoisotopic (exact) mass is 502 g/mol. The van der Waals surface area contributed by atoms with Crippen molar-refractivity contribution in [3.05, 3.63) is 47.7 Å². The first kappa shape index (κ1) is 25.0. The number of nitrogens with one attached hydrogen (secondary N) is 2. The van der Waals surface area contributed by atoms with Gasteiger partial charge in [-0.05, 0) is 75.1 Å². The maximum Gasteiger partial charge on any atom is 0.403 e. The lowest BCUT2D eigenvalue weighted by molar-refractivity contribution is -0.154. The normalized spacial score (nSPS) is 23.7. The summed E-state index contributed by atoms with van der Waals surface area (Å²) >= 11 is 0. The molecule has 0 radical (unpaired) electrons. The van der Waals surface area contributed by atoms with Crippen LogP contribution in [0.4, 0.5) is 30.4 Å². The highest BCUT2D eigenvalue weighted by molar-refractivity contribution is 5.99. The van der Waals surface area contributed by atoms with Crippen molar-refractivity contribution < 1.29 is 22.7 Å². The molecule has 1 aromatic heterocycles. The zero-order valence-corrected chi connectivity index (χ0v) is 20.5. The van der Waals surface area contributed by atoms with Crippen molar-refractivity contribution in [3.8, 4) is 0 Å². The van der Waals surface area contributed by atoms with E-state index in [1.807, 2.05) is 23.1 Å². The number of carbonyl (C=O) groups is 1. The third-order valence-electron chi connectivity index (χ3n) is 7.80. The van der Waals surface area contributed by atoms with E-state index < -0.39 is 12.2 Å². The molecule has 5 rings (SSSR count). The maximum absolute atomic E-state index is 13.9. The van der Waals surface area contributed by atoms with Gasteiger partial charge in [-0.2, -0.15) is 13.2 Å². The third-order valence-corrected chi connectivity index (χ3v) is 7.80. The molecule has 0 bridgehead atoms. The number of aromatic nitrogens is 1. The lowest BCUT2D eigenvalue weighted by atomic mass is 9.84. The van der Waals surface area contributed by atoms with Gasteiger partial charge in [-0.25, -0.2) is 4.98 Å². The lowest BCUT2D eigenvalue weighted by Crippen LogP contribution is -2.47. The quantitative estimate of drug-likeness (QED) is 0.564. The molecule has 2 aromatic rings. The number of rotatable bonds is 4. The number of pyridine rings is 1.